The smallest absolute Gasteiger partial charge is 0.258 e. The van der Waals surface area contributed by atoms with Crippen LogP contribution in [0.5, 0.6) is 5.75 Å². The molecule has 0 aliphatic carbocycles. The van der Waals surface area contributed by atoms with E-state index in [1.165, 1.54) is 5.56 Å². The molecule has 1 rings (SSSR count). The molecule has 0 radical (unpaired) electrons. The second-order valence-corrected chi connectivity index (χ2v) is 4.72. The third-order valence-corrected chi connectivity index (χ3v) is 2.80. The number of nitrogens with one attached hydrogen (secondary N) is 2. The van der Waals surface area contributed by atoms with Gasteiger partial charge < -0.3 is 15.4 Å². The fraction of sp³-hybridized carbons (Fsp3) is 0.533. The van der Waals surface area contributed by atoms with Crippen molar-refractivity contribution in [1.29, 1.82) is 0 Å². The largest absolute Gasteiger partial charge is 0.484 e. The van der Waals surface area contributed by atoms with Crippen LogP contribution < -0.4 is 15.4 Å². The van der Waals surface area contributed by atoms with E-state index in [9.17, 15) is 4.79 Å². The first-order chi connectivity index (χ1) is 9.15. The van der Waals surface area contributed by atoms with Gasteiger partial charge in [-0.1, -0.05) is 25.5 Å². The molecule has 0 fully saturated rings. The maximum Gasteiger partial charge on any atom is 0.258 e. The molecule has 0 saturated carbocycles. The highest BCUT2D eigenvalue weighted by molar-refractivity contribution is 5.77. The summed E-state index contributed by atoms with van der Waals surface area (Å²) in [5.74, 6) is 0.651. The van der Waals surface area contributed by atoms with Gasteiger partial charge >= 0.3 is 0 Å². The second kappa shape index (κ2) is 8.53. The van der Waals surface area contributed by atoms with Crippen molar-refractivity contribution >= 4 is 5.91 Å². The second-order valence-electron chi connectivity index (χ2n) is 4.72. The van der Waals surface area contributed by atoms with Crippen molar-refractivity contribution in [1.82, 2.24) is 10.6 Å². The van der Waals surface area contributed by atoms with Gasteiger partial charge in [-0.25, -0.2) is 0 Å². The van der Waals surface area contributed by atoms with Gasteiger partial charge in [0, 0.05) is 12.6 Å². The molecule has 0 saturated heterocycles. The minimum Gasteiger partial charge on any atom is -0.484 e. The first-order valence-corrected chi connectivity index (χ1v) is 6.81. The predicted octanol–water partition coefficient (Wildman–Crippen LogP) is 2.09. The van der Waals surface area contributed by atoms with Gasteiger partial charge in [-0.2, -0.15) is 0 Å². The Balaban J connectivity index is 2.33. The number of carbonyl (C=O) groups is 1. The van der Waals surface area contributed by atoms with Crippen molar-refractivity contribution in [2.24, 2.45) is 0 Å². The molecular weight excluding hydrogens is 240 g/mol. The minimum absolute atomic E-state index is 0.0689. The van der Waals surface area contributed by atoms with E-state index in [0.29, 0.717) is 0 Å². The Morgan fingerprint density at radius 2 is 2.00 bits per heavy atom. The number of amides is 1. The zero-order valence-corrected chi connectivity index (χ0v) is 12.0. The molecule has 1 aromatic rings. The van der Waals surface area contributed by atoms with Crippen LogP contribution in [0.15, 0.2) is 24.3 Å². The lowest BCUT2D eigenvalue weighted by Gasteiger charge is -2.13. The van der Waals surface area contributed by atoms with Gasteiger partial charge in [0.15, 0.2) is 6.61 Å². The molecule has 106 valence electrons. The zero-order valence-electron chi connectivity index (χ0n) is 12.0. The van der Waals surface area contributed by atoms with Crippen LogP contribution in [-0.2, 0) is 11.3 Å². The molecule has 0 aliphatic rings. The van der Waals surface area contributed by atoms with Crippen LogP contribution in [0.1, 0.15) is 32.3 Å². The standard InChI is InChI=1S/C15H24N2O2/c1-4-5-12(2)17-15(18)11-19-14-8-6-13(7-9-14)10-16-3/h6-9,12,16H,4-5,10-11H2,1-3H3,(H,17,18). The van der Waals surface area contributed by atoms with Crippen molar-refractivity contribution in [3.8, 4) is 5.75 Å². The molecule has 0 heterocycles. The fourth-order valence-corrected chi connectivity index (χ4v) is 1.88. The highest BCUT2D eigenvalue weighted by Crippen LogP contribution is 2.11. The van der Waals surface area contributed by atoms with E-state index in [-0.39, 0.29) is 18.6 Å². The minimum atomic E-state index is -0.0692. The molecule has 1 unspecified atom stereocenters. The van der Waals surface area contributed by atoms with Gasteiger partial charge in [-0.3, -0.25) is 4.79 Å². The van der Waals surface area contributed by atoms with Crippen LogP contribution in [0, 0.1) is 0 Å². The third kappa shape index (κ3) is 6.25. The van der Waals surface area contributed by atoms with Crippen LogP contribution in [0.4, 0.5) is 0 Å². The van der Waals surface area contributed by atoms with E-state index in [0.717, 1.165) is 25.1 Å². The molecule has 0 spiro atoms. The summed E-state index contributed by atoms with van der Waals surface area (Å²) in [4.78, 5) is 11.6. The fourth-order valence-electron chi connectivity index (χ4n) is 1.88. The molecule has 0 aromatic heterocycles. The van der Waals surface area contributed by atoms with Crippen LogP contribution in [0.3, 0.4) is 0 Å². The highest BCUT2D eigenvalue weighted by atomic mass is 16.5. The monoisotopic (exact) mass is 264 g/mol. The Bertz CT molecular complexity index is 376. The number of benzene rings is 1. The van der Waals surface area contributed by atoms with Crippen LogP contribution in [-0.4, -0.2) is 25.6 Å². The first kappa shape index (κ1) is 15.5. The normalized spacial score (nSPS) is 11.9. The molecule has 0 aliphatic heterocycles. The average molecular weight is 264 g/mol. The summed E-state index contributed by atoms with van der Waals surface area (Å²) < 4.78 is 5.45. The first-order valence-electron chi connectivity index (χ1n) is 6.81. The van der Waals surface area contributed by atoms with Crippen molar-refractivity contribution in [2.45, 2.75) is 39.3 Å². The highest BCUT2D eigenvalue weighted by Gasteiger charge is 2.07. The quantitative estimate of drug-likeness (QED) is 0.756. The van der Waals surface area contributed by atoms with Gasteiger partial charge in [-0.05, 0) is 38.1 Å². The lowest BCUT2D eigenvalue weighted by molar-refractivity contribution is -0.123. The molecular formula is C15H24N2O2. The van der Waals surface area contributed by atoms with E-state index in [1.807, 2.05) is 38.2 Å². The van der Waals surface area contributed by atoms with Gasteiger partial charge in [0.1, 0.15) is 5.75 Å². The summed E-state index contributed by atoms with van der Waals surface area (Å²) in [5.41, 5.74) is 1.19. The summed E-state index contributed by atoms with van der Waals surface area (Å²) in [5, 5.41) is 5.99. The molecule has 0 bridgehead atoms. The van der Waals surface area contributed by atoms with E-state index < -0.39 is 0 Å². The van der Waals surface area contributed by atoms with Crippen molar-refractivity contribution in [3.05, 3.63) is 29.8 Å². The maximum atomic E-state index is 11.6. The zero-order chi connectivity index (χ0) is 14.1. The number of hydrogen-bond acceptors (Lipinski definition) is 3. The summed E-state index contributed by atoms with van der Waals surface area (Å²) >= 11 is 0. The lowest BCUT2D eigenvalue weighted by atomic mass is 10.2. The summed E-state index contributed by atoms with van der Waals surface area (Å²) in [7, 11) is 1.91. The van der Waals surface area contributed by atoms with Crippen molar-refractivity contribution in [3.63, 3.8) is 0 Å². The number of carbonyl (C=O) groups excluding carboxylic acids is 1. The molecule has 1 amide bonds. The van der Waals surface area contributed by atoms with E-state index >= 15 is 0 Å². The Morgan fingerprint density at radius 3 is 2.58 bits per heavy atom. The van der Waals surface area contributed by atoms with Crippen LogP contribution in [0.2, 0.25) is 0 Å². The van der Waals surface area contributed by atoms with E-state index in [1.54, 1.807) is 0 Å². The number of hydrogen-bond donors (Lipinski definition) is 2. The number of ether oxygens (including phenoxy) is 1. The van der Waals surface area contributed by atoms with Gasteiger partial charge in [0.2, 0.25) is 0 Å². The number of rotatable bonds is 8. The van der Waals surface area contributed by atoms with Gasteiger partial charge in [0.25, 0.3) is 5.91 Å². The maximum absolute atomic E-state index is 11.6. The molecule has 19 heavy (non-hydrogen) atoms. The molecule has 1 aromatic carbocycles. The Kier molecular flexibility index (Phi) is 6.97. The average Bonchev–Trinajstić information content (AvgIpc) is 2.38. The van der Waals surface area contributed by atoms with E-state index in [2.05, 4.69) is 17.6 Å². The third-order valence-electron chi connectivity index (χ3n) is 2.80. The lowest BCUT2D eigenvalue weighted by Crippen LogP contribution is -2.35. The molecule has 4 nitrogen and oxygen atoms in total. The van der Waals surface area contributed by atoms with Gasteiger partial charge in [-0.15, -0.1) is 0 Å². The van der Waals surface area contributed by atoms with E-state index in [4.69, 9.17) is 4.74 Å². The summed E-state index contributed by atoms with van der Waals surface area (Å²) in [6.45, 7) is 5.01. The van der Waals surface area contributed by atoms with Crippen LogP contribution in [0.25, 0.3) is 0 Å². The summed E-state index contributed by atoms with van der Waals surface area (Å²) in [6.07, 6.45) is 2.06. The van der Waals surface area contributed by atoms with Crippen LogP contribution >= 0.6 is 0 Å². The Morgan fingerprint density at radius 1 is 1.32 bits per heavy atom. The Hall–Kier alpha value is -1.55. The topological polar surface area (TPSA) is 50.4 Å². The van der Waals surface area contributed by atoms with Gasteiger partial charge in [0.05, 0.1) is 0 Å². The molecule has 2 N–H and O–H groups in total. The molecule has 1 atom stereocenters. The SMILES string of the molecule is CCCC(C)NC(=O)COc1ccc(CNC)cc1. The predicted molar refractivity (Wildman–Crippen MR) is 77.2 cm³/mol. The van der Waals surface area contributed by atoms with Crippen molar-refractivity contribution < 1.29 is 9.53 Å². The molecule has 4 heteroatoms. The summed E-state index contributed by atoms with van der Waals surface area (Å²) in [6, 6.07) is 7.96. The van der Waals surface area contributed by atoms with Crippen molar-refractivity contribution in [2.75, 3.05) is 13.7 Å². The Labute approximate surface area is 115 Å².